The van der Waals surface area contributed by atoms with Crippen LogP contribution in [-0.2, 0) is 29.1 Å². The van der Waals surface area contributed by atoms with Crippen molar-refractivity contribution in [3.05, 3.63) is 138 Å². The van der Waals surface area contributed by atoms with Gasteiger partial charge in [-0.1, -0.05) is 66.7 Å². The third-order valence-corrected chi connectivity index (χ3v) is 13.4. The van der Waals surface area contributed by atoms with Crippen LogP contribution in [0.5, 0.6) is 23.0 Å². The molecule has 6 aromatic carbocycles. The minimum absolute atomic E-state index is 0. The first-order valence-corrected chi connectivity index (χ1v) is 24.7. The van der Waals surface area contributed by atoms with Crippen LogP contribution >= 0.6 is 10.7 Å². The number of benzene rings is 6. The van der Waals surface area contributed by atoms with Gasteiger partial charge in [-0.2, -0.15) is 0 Å². The Labute approximate surface area is 418 Å². The van der Waals surface area contributed by atoms with E-state index in [4.69, 9.17) is 48.9 Å². The number of hydrogen-bond acceptors (Lipinski definition) is 17. The van der Waals surface area contributed by atoms with Gasteiger partial charge in [0.25, 0.3) is 29.1 Å². The number of hydrogen-bond donors (Lipinski definition) is 3. The van der Waals surface area contributed by atoms with E-state index in [1.165, 1.54) is 33.5 Å². The summed E-state index contributed by atoms with van der Waals surface area (Å²) in [4.78, 5) is -2.81. The Bertz CT molecular complexity index is 3690. The number of nitrogens with zero attached hydrogens (tertiary/aromatic N) is 3. The average molecular weight is 1100 g/mol. The number of anilines is 3. The van der Waals surface area contributed by atoms with Crippen molar-refractivity contribution in [2.24, 2.45) is 0 Å². The van der Waals surface area contributed by atoms with Crippen LogP contribution in [0.3, 0.4) is 0 Å². The molecular formula is C45H42ClF5N6O13S3. The van der Waals surface area contributed by atoms with Crippen molar-refractivity contribution in [3.63, 3.8) is 0 Å². The maximum atomic E-state index is 14.1. The van der Waals surface area contributed by atoms with Crippen LogP contribution < -0.4 is 34.1 Å². The molecule has 0 bridgehead atoms. The van der Waals surface area contributed by atoms with Gasteiger partial charge in [0.15, 0.2) is 48.9 Å². The molecule has 0 aliphatic rings. The van der Waals surface area contributed by atoms with E-state index in [-0.39, 0.29) is 43.2 Å². The lowest BCUT2D eigenvalue weighted by Gasteiger charge is -2.11. The third kappa shape index (κ3) is 12.8. The molecule has 4 N–H and O–H groups in total. The highest BCUT2D eigenvalue weighted by Crippen LogP contribution is 2.36. The number of nitrogens with two attached hydrogens (primary N) is 1. The molecule has 9 rings (SSSR count). The van der Waals surface area contributed by atoms with E-state index in [1.807, 2.05) is 16.9 Å². The Balaban J connectivity index is 0.000000219. The molecular weight excluding hydrogens is 1060 g/mol. The molecule has 0 spiro atoms. The highest BCUT2D eigenvalue weighted by atomic mass is 35.7. The van der Waals surface area contributed by atoms with Gasteiger partial charge in [0.2, 0.25) is 0 Å². The molecule has 390 valence electrons. The number of halogens is 6. The minimum Gasteiger partial charge on any atom is -0.496 e. The molecule has 73 heavy (non-hydrogen) atoms. The second kappa shape index (κ2) is 24.0. The van der Waals surface area contributed by atoms with Gasteiger partial charge < -0.3 is 38.3 Å². The van der Waals surface area contributed by atoms with Crippen molar-refractivity contribution < 1.29 is 79.7 Å². The minimum atomic E-state index is -4.54. The zero-order chi connectivity index (χ0) is 51.8. The maximum absolute atomic E-state index is 14.1. The Kier molecular flexibility index (Phi) is 19.0. The smallest absolute Gasteiger partial charge is 0.269 e. The fourth-order valence-electron chi connectivity index (χ4n) is 6.28. The Morgan fingerprint density at radius 2 is 0.753 bits per heavy atom. The van der Waals surface area contributed by atoms with Gasteiger partial charge in [-0.25, -0.2) is 47.2 Å². The Morgan fingerprint density at radius 3 is 1.14 bits per heavy atom. The molecule has 0 aliphatic carbocycles. The van der Waals surface area contributed by atoms with Crippen molar-refractivity contribution in [3.8, 4) is 23.0 Å². The molecule has 0 saturated heterocycles. The molecule has 0 aliphatic heterocycles. The van der Waals surface area contributed by atoms with Gasteiger partial charge in [0.05, 0.1) is 28.4 Å². The van der Waals surface area contributed by atoms with Gasteiger partial charge in [-0.15, -0.1) is 0 Å². The SMILES string of the molecule is C.C.COc1cccc(F)c1S(=O)(=O)Nc1noc2cccc(OC)c12.COc1cccc2onc(N)c12.COc1cccc2onc(NS(=O)(=O)c3c(F)cccc3F)c12.O=S(=O)(Cl)c1c(F)cccc1F. The Hall–Kier alpha value is -7.88. The number of rotatable bonds is 11. The lowest BCUT2D eigenvalue weighted by molar-refractivity contribution is 0.395. The van der Waals surface area contributed by atoms with Crippen LogP contribution in [0.15, 0.2) is 137 Å². The van der Waals surface area contributed by atoms with Crippen LogP contribution in [0.25, 0.3) is 32.9 Å². The first-order chi connectivity index (χ1) is 33.7. The van der Waals surface area contributed by atoms with Crippen molar-refractivity contribution in [2.45, 2.75) is 29.5 Å². The first kappa shape index (κ1) is 57.7. The number of fused-ring (bicyclic) bond motifs is 3. The standard InChI is InChI=1S/C15H13FN2O5S.C14H10F2N2O4S.C8H8N2O2.C6H3ClF2O2S.2CH4/c1-21-10-6-4-7-11-13(10)15(17-23-11)18-24(19,20)14-9(16)5-3-8-12(14)22-2;1-21-10-6-3-7-11-12(10)14(17-22-11)18-23(19,20)13-8(15)4-2-5-9(13)16;1-11-5-3-2-4-6-7(5)8(9)10-12-6;7-12(10,11)6-4(8)2-1-3-5(6)9;;/h3-8H,1-2H3,(H,17,18);2-7H,1H3,(H,17,18);2-4H,1H3,(H2,9,10);1-3H;2*1H4. The third-order valence-electron chi connectivity index (χ3n) is 9.30. The molecule has 9 aromatic rings. The summed E-state index contributed by atoms with van der Waals surface area (Å²) < 4.78 is 177. The molecule has 0 unspecified atom stereocenters. The summed E-state index contributed by atoms with van der Waals surface area (Å²) in [5, 5.41) is 12.2. The molecule has 0 saturated carbocycles. The molecule has 0 fully saturated rings. The number of methoxy groups -OCH3 is 4. The monoisotopic (exact) mass is 1100 g/mol. The fraction of sp³-hybridized carbons (Fsp3) is 0.133. The summed E-state index contributed by atoms with van der Waals surface area (Å²) in [5.41, 5.74) is 6.80. The van der Waals surface area contributed by atoms with Gasteiger partial charge in [0.1, 0.15) is 68.2 Å². The van der Waals surface area contributed by atoms with Gasteiger partial charge >= 0.3 is 0 Å². The molecule has 19 nitrogen and oxygen atoms in total. The van der Waals surface area contributed by atoms with E-state index in [0.717, 1.165) is 47.9 Å². The lowest BCUT2D eigenvalue weighted by Crippen LogP contribution is -2.16. The van der Waals surface area contributed by atoms with Crippen molar-refractivity contribution >= 4 is 90.1 Å². The summed E-state index contributed by atoms with van der Waals surface area (Å²) in [6, 6.07) is 24.2. The van der Waals surface area contributed by atoms with E-state index in [2.05, 4.69) is 20.2 Å². The van der Waals surface area contributed by atoms with Crippen LogP contribution in [0.4, 0.5) is 39.4 Å². The predicted molar refractivity (Wildman–Crippen MR) is 260 cm³/mol. The van der Waals surface area contributed by atoms with Gasteiger partial charge in [-0.05, 0) is 72.8 Å². The van der Waals surface area contributed by atoms with Crippen LogP contribution in [0.2, 0.25) is 0 Å². The van der Waals surface area contributed by atoms with E-state index in [9.17, 15) is 47.2 Å². The summed E-state index contributed by atoms with van der Waals surface area (Å²) in [5.74, 6) is -4.47. The zero-order valence-corrected chi connectivity index (χ0v) is 39.8. The zero-order valence-electron chi connectivity index (χ0n) is 36.6. The van der Waals surface area contributed by atoms with Crippen molar-refractivity contribution in [2.75, 3.05) is 43.6 Å². The van der Waals surface area contributed by atoms with Crippen LogP contribution in [-0.4, -0.2) is 69.2 Å². The summed E-state index contributed by atoms with van der Waals surface area (Å²) in [7, 11) is -2.77. The fourth-order valence-corrected chi connectivity index (χ4v) is 9.70. The number of nitrogen functional groups attached to an aromatic ring is 1. The summed E-state index contributed by atoms with van der Waals surface area (Å²) in [6.07, 6.45) is 0. The highest BCUT2D eigenvalue weighted by Gasteiger charge is 2.29. The number of ether oxygens (including phenoxy) is 4. The van der Waals surface area contributed by atoms with E-state index in [1.54, 1.807) is 49.6 Å². The van der Waals surface area contributed by atoms with E-state index >= 15 is 0 Å². The van der Waals surface area contributed by atoms with E-state index in [0.29, 0.717) is 39.6 Å². The van der Waals surface area contributed by atoms with E-state index < -0.39 is 72.9 Å². The first-order valence-electron chi connectivity index (χ1n) is 19.4. The van der Waals surface area contributed by atoms with Crippen LogP contribution in [0.1, 0.15) is 14.9 Å². The number of nitrogens with one attached hydrogen (secondary N) is 2. The van der Waals surface area contributed by atoms with Crippen molar-refractivity contribution in [1.29, 1.82) is 0 Å². The lowest BCUT2D eigenvalue weighted by atomic mass is 10.2. The molecule has 3 heterocycles. The molecule has 3 aromatic heterocycles. The molecule has 0 radical (unpaired) electrons. The molecule has 0 amide bonds. The average Bonchev–Trinajstić information content (AvgIpc) is 4.05. The quantitative estimate of drug-likeness (QED) is 0.0802. The molecule has 0 atom stereocenters. The Morgan fingerprint density at radius 1 is 0.452 bits per heavy atom. The second-order valence-electron chi connectivity index (χ2n) is 13.7. The van der Waals surface area contributed by atoms with Crippen molar-refractivity contribution in [1.82, 2.24) is 15.5 Å². The van der Waals surface area contributed by atoms with Crippen LogP contribution in [0, 0.1) is 29.1 Å². The summed E-state index contributed by atoms with van der Waals surface area (Å²) >= 11 is 0. The number of sulfonamides is 2. The summed E-state index contributed by atoms with van der Waals surface area (Å²) in [6.45, 7) is 0. The normalized spacial score (nSPS) is 11.0. The van der Waals surface area contributed by atoms with Gasteiger partial charge in [-0.3, -0.25) is 9.44 Å². The predicted octanol–water partition coefficient (Wildman–Crippen LogP) is 10.3. The maximum Gasteiger partial charge on any atom is 0.269 e. The number of aromatic nitrogens is 3. The largest absolute Gasteiger partial charge is 0.496 e. The highest BCUT2D eigenvalue weighted by molar-refractivity contribution is 8.13. The topological polar surface area (TPSA) is 268 Å². The second-order valence-corrected chi connectivity index (χ2v) is 19.4. The molecule has 28 heteroatoms. The van der Waals surface area contributed by atoms with Gasteiger partial charge in [0, 0.05) is 10.7 Å².